The first-order valence-electron chi connectivity index (χ1n) is 6.53. The molecule has 1 aliphatic rings. The fraction of sp³-hybridized carbons (Fsp3) is 0.462. The number of rotatable bonds is 4. The van der Waals surface area contributed by atoms with Gasteiger partial charge in [0.05, 0.1) is 21.4 Å². The molecule has 2 atom stereocenters. The first kappa shape index (κ1) is 15.7. The van der Waals surface area contributed by atoms with E-state index in [2.05, 4.69) is 21.2 Å². The molecule has 0 aliphatic heterocycles. The van der Waals surface area contributed by atoms with Gasteiger partial charge in [-0.25, -0.2) is 4.39 Å². The van der Waals surface area contributed by atoms with Gasteiger partial charge in [0.25, 0.3) is 5.69 Å². The molecule has 8 heteroatoms. The van der Waals surface area contributed by atoms with Gasteiger partial charge in [-0.05, 0) is 34.8 Å². The summed E-state index contributed by atoms with van der Waals surface area (Å²) in [5, 5.41) is 23.1. The van der Waals surface area contributed by atoms with Crippen LogP contribution in [0.25, 0.3) is 0 Å². The van der Waals surface area contributed by atoms with Crippen LogP contribution < -0.4 is 5.32 Å². The van der Waals surface area contributed by atoms with E-state index < -0.39 is 34.4 Å². The van der Waals surface area contributed by atoms with Crippen molar-refractivity contribution in [3.63, 3.8) is 0 Å². The summed E-state index contributed by atoms with van der Waals surface area (Å²) < 4.78 is 13.5. The molecule has 114 valence electrons. The summed E-state index contributed by atoms with van der Waals surface area (Å²) in [7, 11) is 0. The number of nitrogens with zero attached hydrogens (tertiary/aromatic N) is 1. The van der Waals surface area contributed by atoms with Gasteiger partial charge in [-0.15, -0.1) is 0 Å². The molecule has 6 nitrogen and oxygen atoms in total. The Morgan fingerprint density at radius 2 is 2.10 bits per heavy atom. The van der Waals surface area contributed by atoms with Gasteiger partial charge in [-0.1, -0.05) is 12.8 Å². The number of halogens is 2. The largest absolute Gasteiger partial charge is 0.481 e. The SMILES string of the molecule is O=C(O)C1CCCCC1Nc1cc(Br)c(F)cc1[N+](=O)[O-]. The van der Waals surface area contributed by atoms with E-state index >= 15 is 0 Å². The summed E-state index contributed by atoms with van der Waals surface area (Å²) in [5.41, 5.74) is -0.267. The van der Waals surface area contributed by atoms with Crippen molar-refractivity contribution in [3.8, 4) is 0 Å². The van der Waals surface area contributed by atoms with Crippen molar-refractivity contribution < 1.29 is 19.2 Å². The monoisotopic (exact) mass is 360 g/mol. The molecular formula is C13H14BrFN2O4. The highest BCUT2D eigenvalue weighted by molar-refractivity contribution is 9.10. The maximum Gasteiger partial charge on any atom is 0.308 e. The molecule has 0 saturated heterocycles. The molecule has 0 spiro atoms. The Bertz CT molecular complexity index is 582. The van der Waals surface area contributed by atoms with Gasteiger partial charge >= 0.3 is 5.97 Å². The first-order valence-corrected chi connectivity index (χ1v) is 7.32. The summed E-state index contributed by atoms with van der Waals surface area (Å²) in [4.78, 5) is 21.6. The highest BCUT2D eigenvalue weighted by atomic mass is 79.9. The van der Waals surface area contributed by atoms with Gasteiger partial charge in [0, 0.05) is 6.04 Å². The quantitative estimate of drug-likeness (QED) is 0.632. The van der Waals surface area contributed by atoms with Crippen LogP contribution >= 0.6 is 15.9 Å². The number of nitro benzene ring substituents is 1. The van der Waals surface area contributed by atoms with E-state index in [0.717, 1.165) is 18.9 Å². The van der Waals surface area contributed by atoms with Crippen LogP contribution in [0.2, 0.25) is 0 Å². The van der Waals surface area contributed by atoms with Crippen molar-refractivity contribution in [3.05, 3.63) is 32.5 Å². The van der Waals surface area contributed by atoms with E-state index in [0.29, 0.717) is 12.8 Å². The molecule has 0 heterocycles. The Morgan fingerprint density at radius 1 is 1.43 bits per heavy atom. The third-order valence-electron chi connectivity index (χ3n) is 3.66. The lowest BCUT2D eigenvalue weighted by atomic mass is 9.84. The Labute approximate surface area is 128 Å². The molecule has 0 amide bonds. The highest BCUT2D eigenvalue weighted by Gasteiger charge is 2.32. The van der Waals surface area contributed by atoms with E-state index in [4.69, 9.17) is 0 Å². The van der Waals surface area contributed by atoms with Gasteiger partial charge in [0.2, 0.25) is 0 Å². The molecule has 0 aromatic heterocycles. The second kappa shape index (κ2) is 6.38. The minimum absolute atomic E-state index is 0.0956. The molecule has 1 aliphatic carbocycles. The molecule has 1 aromatic carbocycles. The van der Waals surface area contributed by atoms with Crippen LogP contribution in [-0.2, 0) is 4.79 Å². The standard InChI is InChI=1S/C13H14BrFN2O4/c14-8-5-11(12(17(20)21)6-9(8)15)16-10-4-2-1-3-7(10)13(18)19/h5-7,10,16H,1-4H2,(H,18,19). The van der Waals surface area contributed by atoms with Crippen LogP contribution in [0.4, 0.5) is 15.8 Å². The second-order valence-electron chi connectivity index (χ2n) is 5.02. The summed E-state index contributed by atoms with van der Waals surface area (Å²) in [6, 6.07) is 1.71. The Morgan fingerprint density at radius 3 is 2.71 bits per heavy atom. The van der Waals surface area contributed by atoms with Crippen molar-refractivity contribution in [2.75, 3.05) is 5.32 Å². The number of aliphatic carboxylic acids is 1. The minimum atomic E-state index is -0.920. The Hall–Kier alpha value is -1.70. The van der Waals surface area contributed by atoms with Crippen LogP contribution in [0.5, 0.6) is 0 Å². The molecule has 0 bridgehead atoms. The van der Waals surface area contributed by atoms with Gasteiger partial charge in [0.15, 0.2) is 0 Å². The van der Waals surface area contributed by atoms with Crippen molar-refractivity contribution in [2.45, 2.75) is 31.7 Å². The lowest BCUT2D eigenvalue weighted by molar-refractivity contribution is -0.384. The second-order valence-corrected chi connectivity index (χ2v) is 5.87. The number of nitrogens with one attached hydrogen (secondary N) is 1. The Kier molecular flexibility index (Phi) is 4.76. The number of anilines is 1. The number of nitro groups is 1. The van der Waals surface area contributed by atoms with Crippen LogP contribution in [0.1, 0.15) is 25.7 Å². The van der Waals surface area contributed by atoms with Gasteiger partial charge in [-0.3, -0.25) is 14.9 Å². The third-order valence-corrected chi connectivity index (χ3v) is 4.27. The maximum atomic E-state index is 13.4. The predicted octanol–water partition coefficient (Wildman–Crippen LogP) is 3.55. The molecule has 1 fully saturated rings. The normalized spacial score (nSPS) is 21.8. The molecule has 1 aromatic rings. The third kappa shape index (κ3) is 3.49. The van der Waals surface area contributed by atoms with Crippen molar-refractivity contribution in [1.82, 2.24) is 0 Å². The average molecular weight is 361 g/mol. The topological polar surface area (TPSA) is 92.5 Å². The fourth-order valence-electron chi connectivity index (χ4n) is 2.60. The number of carbonyl (C=O) groups is 1. The van der Waals surface area contributed by atoms with E-state index in [1.54, 1.807) is 0 Å². The highest BCUT2D eigenvalue weighted by Crippen LogP contribution is 2.34. The molecule has 2 unspecified atom stereocenters. The Balaban J connectivity index is 2.31. The summed E-state index contributed by atoms with van der Waals surface area (Å²) in [6.45, 7) is 0. The zero-order valence-corrected chi connectivity index (χ0v) is 12.6. The van der Waals surface area contributed by atoms with Crippen molar-refractivity contribution >= 4 is 33.3 Å². The summed E-state index contributed by atoms with van der Waals surface area (Å²) in [5.74, 6) is -2.25. The van der Waals surface area contributed by atoms with E-state index in [-0.39, 0.29) is 10.2 Å². The summed E-state index contributed by atoms with van der Waals surface area (Å²) in [6.07, 6.45) is 2.83. The van der Waals surface area contributed by atoms with Crippen LogP contribution in [0, 0.1) is 21.8 Å². The molecular weight excluding hydrogens is 347 g/mol. The lowest BCUT2D eigenvalue weighted by Crippen LogP contribution is -2.37. The number of carboxylic acids is 1. The van der Waals surface area contributed by atoms with Gasteiger partial charge < -0.3 is 10.4 Å². The molecule has 1 saturated carbocycles. The smallest absolute Gasteiger partial charge is 0.308 e. The van der Waals surface area contributed by atoms with Crippen LogP contribution in [-0.4, -0.2) is 22.0 Å². The van der Waals surface area contributed by atoms with E-state index in [1.165, 1.54) is 6.07 Å². The van der Waals surface area contributed by atoms with Crippen LogP contribution in [0.3, 0.4) is 0 Å². The number of carboxylic acid groups (broad SMARTS) is 1. The molecule has 2 rings (SSSR count). The zero-order valence-electron chi connectivity index (χ0n) is 11.0. The van der Waals surface area contributed by atoms with Crippen LogP contribution in [0.15, 0.2) is 16.6 Å². The van der Waals surface area contributed by atoms with E-state index in [1.807, 2.05) is 0 Å². The van der Waals surface area contributed by atoms with Crippen molar-refractivity contribution in [1.29, 1.82) is 0 Å². The number of hydrogen-bond acceptors (Lipinski definition) is 4. The minimum Gasteiger partial charge on any atom is -0.481 e. The zero-order chi connectivity index (χ0) is 15.6. The van der Waals surface area contributed by atoms with Gasteiger partial charge in [0.1, 0.15) is 11.5 Å². The number of benzene rings is 1. The first-order chi connectivity index (χ1) is 9.90. The summed E-state index contributed by atoms with van der Waals surface area (Å²) >= 11 is 2.98. The molecule has 21 heavy (non-hydrogen) atoms. The fourth-order valence-corrected chi connectivity index (χ4v) is 2.95. The van der Waals surface area contributed by atoms with Crippen molar-refractivity contribution in [2.24, 2.45) is 5.92 Å². The lowest BCUT2D eigenvalue weighted by Gasteiger charge is -2.30. The van der Waals surface area contributed by atoms with Gasteiger partial charge in [-0.2, -0.15) is 0 Å². The number of hydrogen-bond donors (Lipinski definition) is 2. The van der Waals surface area contributed by atoms with E-state index in [9.17, 15) is 24.4 Å². The molecule has 2 N–H and O–H groups in total. The molecule has 0 radical (unpaired) electrons. The predicted molar refractivity (Wildman–Crippen MR) is 77.8 cm³/mol. The average Bonchev–Trinajstić information content (AvgIpc) is 2.42. The maximum absolute atomic E-state index is 13.4.